The average molecular weight is 422 g/mol. The van der Waals surface area contributed by atoms with Gasteiger partial charge in [0.05, 0.1) is 23.8 Å². The number of aromatic nitrogens is 1. The summed E-state index contributed by atoms with van der Waals surface area (Å²) in [6, 6.07) is -0.0437. The molecule has 1 aromatic heterocycles. The van der Waals surface area contributed by atoms with E-state index in [4.69, 9.17) is 26.4 Å². The largest absolute Gasteiger partial charge is 0.378 e. The Morgan fingerprint density at radius 2 is 1.96 bits per heavy atom. The summed E-state index contributed by atoms with van der Waals surface area (Å²) in [7, 11) is 0. The van der Waals surface area contributed by atoms with E-state index in [9.17, 15) is 0 Å². The number of morpholine rings is 1. The lowest BCUT2D eigenvalue weighted by Gasteiger charge is -2.34. The summed E-state index contributed by atoms with van der Waals surface area (Å²) in [5.41, 5.74) is 3.45. The van der Waals surface area contributed by atoms with Crippen molar-refractivity contribution in [2.75, 3.05) is 31.2 Å². The van der Waals surface area contributed by atoms with Crippen LogP contribution in [0.15, 0.2) is 21.7 Å². The highest BCUT2D eigenvalue weighted by Gasteiger charge is 2.42. The molecule has 152 valence electrons. The van der Waals surface area contributed by atoms with E-state index in [2.05, 4.69) is 48.7 Å². The van der Waals surface area contributed by atoms with Gasteiger partial charge in [-0.15, -0.1) is 0 Å². The molecule has 6 nitrogen and oxygen atoms in total. The molecule has 0 N–H and O–H groups in total. The minimum Gasteiger partial charge on any atom is -0.378 e. The lowest BCUT2D eigenvalue weighted by atomic mass is 9.90. The van der Waals surface area contributed by atoms with E-state index in [1.165, 1.54) is 5.57 Å². The Labute approximate surface area is 175 Å². The van der Waals surface area contributed by atoms with Crippen molar-refractivity contribution in [2.45, 2.75) is 52.7 Å². The van der Waals surface area contributed by atoms with Crippen molar-refractivity contribution in [2.24, 2.45) is 16.0 Å². The predicted molar refractivity (Wildman–Crippen MR) is 117 cm³/mol. The highest BCUT2D eigenvalue weighted by molar-refractivity contribution is 7.16. The molecule has 3 aliphatic rings. The molecule has 8 heteroatoms. The summed E-state index contributed by atoms with van der Waals surface area (Å²) in [6.45, 7) is 11.8. The number of aliphatic imine (C=N–C) groups is 1. The van der Waals surface area contributed by atoms with Crippen LogP contribution in [0.5, 0.6) is 0 Å². The predicted octanol–water partition coefficient (Wildman–Crippen LogP) is 4.53. The molecule has 0 aliphatic carbocycles. The van der Waals surface area contributed by atoms with Gasteiger partial charge in [-0.25, -0.2) is 4.98 Å². The molecule has 0 bridgehead atoms. The minimum absolute atomic E-state index is 0.0244. The number of fused-ring (bicyclic) bond motifs is 1. The molecule has 1 fully saturated rings. The Kier molecular flexibility index (Phi) is 5.76. The maximum absolute atomic E-state index is 6.63. The molecule has 0 saturated carbocycles. The first-order valence-corrected chi connectivity index (χ1v) is 11.3. The van der Waals surface area contributed by atoms with Crippen LogP contribution in [-0.2, 0) is 4.74 Å². The molecule has 1 saturated heterocycles. The van der Waals surface area contributed by atoms with Crippen LogP contribution in [0.25, 0.3) is 0 Å². The van der Waals surface area contributed by atoms with E-state index in [1.54, 1.807) is 11.3 Å². The molecule has 0 aromatic carbocycles. The molecule has 4 rings (SSSR count). The molecule has 0 amide bonds. The molecule has 0 spiro atoms. The standard InChI is InChI=1S/C20H28ClN5OS/c1-5-14(6-2)15-11-12(3)24-26-16(13(4)22-19(15)26)17-18(21)23-20(28-17)25-7-9-27-10-8-25/h11,14,16,19H,5-10H2,1-4H3. The van der Waals surface area contributed by atoms with Gasteiger partial charge < -0.3 is 9.64 Å². The Bertz CT molecular complexity index is 823. The topological polar surface area (TPSA) is 53.3 Å². The first kappa shape index (κ1) is 19.9. The third-order valence-corrected chi connectivity index (χ3v) is 7.34. The lowest BCUT2D eigenvalue weighted by Crippen LogP contribution is -2.36. The van der Waals surface area contributed by atoms with Crippen molar-refractivity contribution in [3.63, 3.8) is 0 Å². The number of ether oxygens (including phenoxy) is 1. The Morgan fingerprint density at radius 1 is 1.25 bits per heavy atom. The van der Waals surface area contributed by atoms with Gasteiger partial charge in [0.25, 0.3) is 0 Å². The van der Waals surface area contributed by atoms with Crippen LogP contribution >= 0.6 is 22.9 Å². The van der Waals surface area contributed by atoms with Crippen molar-refractivity contribution in [1.29, 1.82) is 0 Å². The number of hydrazone groups is 1. The Hall–Kier alpha value is -1.44. The molecule has 4 heterocycles. The third-order valence-electron chi connectivity index (χ3n) is 5.77. The van der Waals surface area contributed by atoms with E-state index >= 15 is 0 Å². The van der Waals surface area contributed by atoms with Crippen LogP contribution in [0.2, 0.25) is 5.15 Å². The van der Waals surface area contributed by atoms with Crippen LogP contribution in [0.4, 0.5) is 5.13 Å². The quantitative estimate of drug-likeness (QED) is 0.700. The Morgan fingerprint density at radius 3 is 2.64 bits per heavy atom. The maximum Gasteiger partial charge on any atom is 0.187 e. The molecule has 0 radical (unpaired) electrons. The number of hydrogen-bond donors (Lipinski definition) is 0. The Balaban J connectivity index is 1.66. The SMILES string of the molecule is CCC(CC)C1=CC(C)=NN2C1N=C(C)C2c1sc(N2CCOCC2)nc1Cl. The summed E-state index contributed by atoms with van der Waals surface area (Å²) >= 11 is 8.29. The second kappa shape index (κ2) is 8.13. The number of rotatable bonds is 5. The fourth-order valence-electron chi connectivity index (χ4n) is 4.28. The van der Waals surface area contributed by atoms with E-state index in [0.29, 0.717) is 11.1 Å². The molecular weight excluding hydrogens is 394 g/mol. The molecule has 2 atom stereocenters. The van der Waals surface area contributed by atoms with Crippen LogP contribution in [0.3, 0.4) is 0 Å². The summed E-state index contributed by atoms with van der Waals surface area (Å²) in [5.74, 6) is 0.522. The van der Waals surface area contributed by atoms with Crippen molar-refractivity contribution >= 4 is 39.5 Å². The molecule has 1 aromatic rings. The van der Waals surface area contributed by atoms with Gasteiger partial charge in [0.15, 0.2) is 11.3 Å². The average Bonchev–Trinajstić information content (AvgIpc) is 3.22. The van der Waals surface area contributed by atoms with Gasteiger partial charge in [0.2, 0.25) is 0 Å². The van der Waals surface area contributed by atoms with Crippen LogP contribution in [-0.4, -0.2) is 53.9 Å². The van der Waals surface area contributed by atoms with Crippen molar-refractivity contribution in [3.8, 4) is 0 Å². The summed E-state index contributed by atoms with van der Waals surface area (Å²) in [5, 5.41) is 8.54. The van der Waals surface area contributed by atoms with E-state index in [0.717, 1.165) is 60.6 Å². The lowest BCUT2D eigenvalue weighted by molar-refractivity contribution is 0.122. The van der Waals surface area contributed by atoms with E-state index in [-0.39, 0.29) is 12.2 Å². The van der Waals surface area contributed by atoms with Crippen LogP contribution in [0.1, 0.15) is 51.5 Å². The second-order valence-electron chi connectivity index (χ2n) is 7.58. The molecule has 2 unspecified atom stereocenters. The summed E-state index contributed by atoms with van der Waals surface area (Å²) in [6.07, 6.45) is 4.43. The van der Waals surface area contributed by atoms with E-state index in [1.807, 2.05) is 0 Å². The van der Waals surface area contributed by atoms with Gasteiger partial charge in [-0.1, -0.05) is 36.8 Å². The fraction of sp³-hybridized carbons (Fsp3) is 0.650. The van der Waals surface area contributed by atoms with Crippen molar-refractivity contribution in [1.82, 2.24) is 9.99 Å². The summed E-state index contributed by atoms with van der Waals surface area (Å²) < 4.78 is 5.46. The van der Waals surface area contributed by atoms with Crippen LogP contribution < -0.4 is 4.90 Å². The number of allylic oxidation sites excluding steroid dienone is 1. The zero-order chi connectivity index (χ0) is 19.8. The highest BCUT2D eigenvalue weighted by atomic mass is 35.5. The number of hydrogen-bond acceptors (Lipinski definition) is 7. The first-order valence-electron chi connectivity index (χ1n) is 10.1. The van der Waals surface area contributed by atoms with Crippen molar-refractivity contribution in [3.05, 3.63) is 21.7 Å². The molecular formula is C20H28ClN5OS. The smallest absolute Gasteiger partial charge is 0.187 e. The zero-order valence-electron chi connectivity index (χ0n) is 17.0. The summed E-state index contributed by atoms with van der Waals surface area (Å²) in [4.78, 5) is 13.0. The maximum atomic E-state index is 6.63. The molecule has 3 aliphatic heterocycles. The third kappa shape index (κ3) is 3.48. The normalized spacial score (nSPS) is 25.0. The zero-order valence-corrected chi connectivity index (χ0v) is 18.6. The second-order valence-corrected chi connectivity index (χ2v) is 8.94. The highest BCUT2D eigenvalue weighted by Crippen LogP contribution is 2.44. The minimum atomic E-state index is -0.0437. The monoisotopic (exact) mass is 421 g/mol. The number of halogens is 1. The fourth-order valence-corrected chi connectivity index (χ4v) is 5.80. The van der Waals surface area contributed by atoms with Gasteiger partial charge in [0, 0.05) is 18.8 Å². The van der Waals surface area contributed by atoms with E-state index < -0.39 is 0 Å². The molecule has 28 heavy (non-hydrogen) atoms. The first-order chi connectivity index (χ1) is 13.5. The number of thiazole rings is 1. The van der Waals surface area contributed by atoms with Gasteiger partial charge >= 0.3 is 0 Å². The van der Waals surface area contributed by atoms with Crippen molar-refractivity contribution < 1.29 is 4.74 Å². The van der Waals surface area contributed by atoms with Gasteiger partial charge in [-0.2, -0.15) is 5.10 Å². The van der Waals surface area contributed by atoms with Crippen LogP contribution in [0, 0.1) is 5.92 Å². The van der Waals surface area contributed by atoms with Gasteiger partial charge in [-0.3, -0.25) is 10.0 Å². The number of nitrogens with zero attached hydrogens (tertiary/aromatic N) is 5. The van der Waals surface area contributed by atoms with Gasteiger partial charge in [0.1, 0.15) is 11.2 Å². The number of anilines is 1. The van der Waals surface area contributed by atoms with Gasteiger partial charge in [-0.05, 0) is 44.3 Å².